The van der Waals surface area contributed by atoms with Crippen molar-refractivity contribution in [2.75, 3.05) is 0 Å². The lowest BCUT2D eigenvalue weighted by Gasteiger charge is -2.08. The number of aliphatic hydroxyl groups is 1. The molecule has 0 saturated carbocycles. The van der Waals surface area contributed by atoms with E-state index in [1.165, 1.54) is 0 Å². The second-order valence-electron chi connectivity index (χ2n) is 3.87. The molecule has 1 unspecified atom stereocenters. The highest BCUT2D eigenvalue weighted by atomic mass is 79.9. The number of rotatable bonds is 3. The molecule has 0 aromatic carbocycles. The fraction of sp³-hybridized carbons (Fsp3) is 0.333. The van der Waals surface area contributed by atoms with E-state index >= 15 is 0 Å². The summed E-state index contributed by atoms with van der Waals surface area (Å²) in [6, 6.07) is 3.84. The van der Waals surface area contributed by atoms with Gasteiger partial charge < -0.3 is 5.11 Å². The molecule has 0 bridgehead atoms. The van der Waals surface area contributed by atoms with Gasteiger partial charge in [-0.3, -0.25) is 4.98 Å². The van der Waals surface area contributed by atoms with Gasteiger partial charge in [0.25, 0.3) is 0 Å². The Morgan fingerprint density at radius 2 is 2.18 bits per heavy atom. The van der Waals surface area contributed by atoms with Gasteiger partial charge in [0.1, 0.15) is 0 Å². The van der Waals surface area contributed by atoms with Crippen LogP contribution >= 0.6 is 27.3 Å². The molecule has 2 rings (SSSR count). The zero-order valence-corrected chi connectivity index (χ0v) is 12.0. The van der Waals surface area contributed by atoms with Crippen LogP contribution in [-0.2, 0) is 6.42 Å². The summed E-state index contributed by atoms with van der Waals surface area (Å²) in [4.78, 5) is 9.51. The minimum absolute atomic E-state index is 0.519. The minimum atomic E-state index is -0.519. The average Bonchev–Trinajstić information content (AvgIpc) is 2.61. The summed E-state index contributed by atoms with van der Waals surface area (Å²) in [7, 11) is 0. The van der Waals surface area contributed by atoms with E-state index in [1.54, 1.807) is 17.5 Å². The van der Waals surface area contributed by atoms with Crippen molar-refractivity contribution in [3.8, 4) is 0 Å². The van der Waals surface area contributed by atoms with Crippen molar-refractivity contribution in [3.05, 3.63) is 44.1 Å². The highest BCUT2D eigenvalue weighted by Crippen LogP contribution is 2.27. The quantitative estimate of drug-likeness (QED) is 0.946. The number of pyridine rings is 1. The van der Waals surface area contributed by atoms with E-state index in [0.717, 1.165) is 25.7 Å². The van der Waals surface area contributed by atoms with Gasteiger partial charge in [0, 0.05) is 22.8 Å². The molecule has 0 radical (unpaired) electrons. The van der Waals surface area contributed by atoms with Crippen LogP contribution in [0, 0.1) is 13.8 Å². The van der Waals surface area contributed by atoms with Gasteiger partial charge in [-0.1, -0.05) is 0 Å². The molecule has 2 heterocycles. The molecule has 0 fully saturated rings. The Morgan fingerprint density at radius 3 is 2.71 bits per heavy atom. The zero-order valence-electron chi connectivity index (χ0n) is 9.64. The fourth-order valence-electron chi connectivity index (χ4n) is 1.67. The van der Waals surface area contributed by atoms with E-state index in [1.807, 2.05) is 26.0 Å². The smallest absolute Gasteiger partial charge is 0.0956 e. The highest BCUT2D eigenvalue weighted by molar-refractivity contribution is 9.10. The Hall–Kier alpha value is -0.780. The highest BCUT2D eigenvalue weighted by Gasteiger charge is 2.15. The summed E-state index contributed by atoms with van der Waals surface area (Å²) in [6.45, 7) is 3.88. The summed E-state index contributed by atoms with van der Waals surface area (Å²) in [5.74, 6) is 0. The molecule has 0 amide bonds. The van der Waals surface area contributed by atoms with E-state index in [0.29, 0.717) is 6.42 Å². The Balaban J connectivity index is 2.14. The summed E-state index contributed by atoms with van der Waals surface area (Å²) in [5.41, 5.74) is 1.79. The van der Waals surface area contributed by atoms with Crippen molar-refractivity contribution in [2.45, 2.75) is 26.4 Å². The van der Waals surface area contributed by atoms with Crippen LogP contribution < -0.4 is 0 Å². The predicted octanol–water partition coefficient (Wildman–Crippen LogP) is 3.19. The van der Waals surface area contributed by atoms with Crippen molar-refractivity contribution >= 4 is 27.3 Å². The number of nitrogens with zero attached hydrogens (tertiary/aromatic N) is 2. The molecule has 0 saturated heterocycles. The molecule has 0 aliphatic rings. The molecule has 90 valence electrons. The molecule has 0 aliphatic carbocycles. The number of halogens is 1. The molecule has 2 aromatic heterocycles. The first kappa shape index (κ1) is 12.7. The molecule has 2 aromatic rings. The van der Waals surface area contributed by atoms with Crippen molar-refractivity contribution in [1.29, 1.82) is 0 Å². The van der Waals surface area contributed by atoms with E-state index in [4.69, 9.17) is 0 Å². The molecule has 1 atom stereocenters. The maximum absolute atomic E-state index is 10.2. The van der Waals surface area contributed by atoms with Gasteiger partial charge in [-0.2, -0.15) is 0 Å². The summed E-state index contributed by atoms with van der Waals surface area (Å²) < 4.78 is 0.945. The van der Waals surface area contributed by atoms with Gasteiger partial charge >= 0.3 is 0 Å². The maximum atomic E-state index is 10.2. The second-order valence-corrected chi connectivity index (χ2v) is 6.02. The maximum Gasteiger partial charge on any atom is 0.0956 e. The third kappa shape index (κ3) is 3.12. The van der Waals surface area contributed by atoms with Crippen LogP contribution in [0.3, 0.4) is 0 Å². The third-order valence-electron chi connectivity index (χ3n) is 2.43. The van der Waals surface area contributed by atoms with Crippen LogP contribution in [0.15, 0.2) is 22.8 Å². The Bertz CT molecular complexity index is 510. The van der Waals surface area contributed by atoms with Gasteiger partial charge in [0.05, 0.1) is 21.7 Å². The van der Waals surface area contributed by atoms with Crippen molar-refractivity contribution in [2.24, 2.45) is 0 Å². The van der Waals surface area contributed by atoms with Crippen molar-refractivity contribution in [3.63, 3.8) is 0 Å². The standard InChI is InChI=1S/C12H13BrN2OS/c1-7-12(17-8(2)15-7)11(16)5-10-4-3-9(13)6-14-10/h3-4,6,11,16H,5H2,1-2H3. The van der Waals surface area contributed by atoms with Gasteiger partial charge in [-0.25, -0.2) is 4.98 Å². The average molecular weight is 313 g/mol. The monoisotopic (exact) mass is 312 g/mol. The number of hydrogen-bond donors (Lipinski definition) is 1. The number of hydrogen-bond acceptors (Lipinski definition) is 4. The van der Waals surface area contributed by atoms with Gasteiger partial charge in [0.15, 0.2) is 0 Å². The third-order valence-corrected chi connectivity index (χ3v) is 4.08. The van der Waals surface area contributed by atoms with Crippen LogP contribution in [0.5, 0.6) is 0 Å². The number of aryl methyl sites for hydroxylation is 2. The predicted molar refractivity (Wildman–Crippen MR) is 72.2 cm³/mol. The van der Waals surface area contributed by atoms with Crippen LogP contribution in [0.4, 0.5) is 0 Å². The van der Waals surface area contributed by atoms with Crippen LogP contribution in [0.1, 0.15) is 27.4 Å². The molecule has 5 heteroatoms. The molecule has 0 aliphatic heterocycles. The Labute approximate surface area is 113 Å². The van der Waals surface area contributed by atoms with Crippen LogP contribution in [0.2, 0.25) is 0 Å². The van der Waals surface area contributed by atoms with E-state index in [2.05, 4.69) is 25.9 Å². The van der Waals surface area contributed by atoms with Gasteiger partial charge in [0.2, 0.25) is 0 Å². The fourth-order valence-corrected chi connectivity index (χ4v) is 2.82. The largest absolute Gasteiger partial charge is 0.387 e. The SMILES string of the molecule is Cc1nc(C)c(C(O)Cc2ccc(Br)cn2)s1. The first-order valence-corrected chi connectivity index (χ1v) is 6.89. The summed E-state index contributed by atoms with van der Waals surface area (Å²) >= 11 is 4.89. The molecule has 0 spiro atoms. The summed E-state index contributed by atoms with van der Waals surface area (Å²) in [5, 5.41) is 11.1. The van der Waals surface area contributed by atoms with E-state index in [9.17, 15) is 5.11 Å². The number of aromatic nitrogens is 2. The Kier molecular flexibility index (Phi) is 3.91. The molecule has 1 N–H and O–H groups in total. The first-order chi connectivity index (χ1) is 8.06. The normalized spacial score (nSPS) is 12.7. The van der Waals surface area contributed by atoms with Crippen LogP contribution in [0.25, 0.3) is 0 Å². The summed E-state index contributed by atoms with van der Waals surface area (Å²) in [6.07, 6.45) is 1.75. The molecular weight excluding hydrogens is 300 g/mol. The number of aliphatic hydroxyl groups excluding tert-OH is 1. The van der Waals surface area contributed by atoms with Crippen molar-refractivity contribution < 1.29 is 5.11 Å². The van der Waals surface area contributed by atoms with Gasteiger partial charge in [-0.05, 0) is 41.9 Å². The molecule has 3 nitrogen and oxygen atoms in total. The zero-order chi connectivity index (χ0) is 12.4. The van der Waals surface area contributed by atoms with Crippen molar-refractivity contribution in [1.82, 2.24) is 9.97 Å². The lowest BCUT2D eigenvalue weighted by atomic mass is 10.1. The first-order valence-electron chi connectivity index (χ1n) is 5.28. The van der Waals surface area contributed by atoms with E-state index in [-0.39, 0.29) is 0 Å². The Morgan fingerprint density at radius 1 is 1.41 bits per heavy atom. The molecule has 17 heavy (non-hydrogen) atoms. The second kappa shape index (κ2) is 5.25. The van der Waals surface area contributed by atoms with E-state index < -0.39 is 6.10 Å². The number of thiazole rings is 1. The molecular formula is C12H13BrN2OS. The lowest BCUT2D eigenvalue weighted by Crippen LogP contribution is -2.02. The van der Waals surface area contributed by atoms with Crippen LogP contribution in [-0.4, -0.2) is 15.1 Å². The lowest BCUT2D eigenvalue weighted by molar-refractivity contribution is 0.180. The minimum Gasteiger partial charge on any atom is -0.387 e. The van der Waals surface area contributed by atoms with Gasteiger partial charge in [-0.15, -0.1) is 11.3 Å². The topological polar surface area (TPSA) is 46.0 Å².